The first-order valence-corrected chi connectivity index (χ1v) is 10.7. The molecule has 2 amide bonds. The lowest BCUT2D eigenvalue weighted by Crippen LogP contribution is -2.33. The third kappa shape index (κ3) is 8.45. The average Bonchev–Trinajstić information content (AvgIpc) is 2.78. The molecule has 0 radical (unpaired) electrons. The third-order valence-electron chi connectivity index (χ3n) is 4.15. The summed E-state index contributed by atoms with van der Waals surface area (Å²) in [6, 6.07) is 11.6. The molecule has 33 heavy (non-hydrogen) atoms. The molecule has 0 aromatic heterocycles. The SMILES string of the molecule is CCOC(=O)N[C@@H](CC(=O)N/N=C\c1cc(Br)c(OCC(=O)O)c(OC)c1)c1ccccc1. The van der Waals surface area contributed by atoms with Crippen LogP contribution in [0.4, 0.5) is 4.79 Å². The highest BCUT2D eigenvalue weighted by molar-refractivity contribution is 9.10. The number of methoxy groups -OCH3 is 1. The van der Waals surface area contributed by atoms with Crippen molar-refractivity contribution in [2.45, 2.75) is 19.4 Å². The minimum atomic E-state index is -1.12. The van der Waals surface area contributed by atoms with E-state index in [9.17, 15) is 14.4 Å². The zero-order valence-electron chi connectivity index (χ0n) is 18.0. The molecular weight excluding hydrogens is 498 g/mol. The van der Waals surface area contributed by atoms with Gasteiger partial charge in [-0.15, -0.1) is 0 Å². The molecule has 11 heteroatoms. The first-order valence-electron chi connectivity index (χ1n) is 9.86. The molecule has 0 unspecified atom stereocenters. The van der Waals surface area contributed by atoms with Crippen LogP contribution in [0, 0.1) is 0 Å². The number of nitrogens with one attached hydrogen (secondary N) is 2. The number of aliphatic carboxylic acids is 1. The Hall–Kier alpha value is -3.60. The number of hydrogen-bond donors (Lipinski definition) is 3. The number of carbonyl (C=O) groups excluding carboxylic acids is 2. The summed E-state index contributed by atoms with van der Waals surface area (Å²) in [6.45, 7) is 1.38. The molecule has 176 valence electrons. The van der Waals surface area contributed by atoms with E-state index in [-0.39, 0.29) is 18.8 Å². The molecule has 2 aromatic rings. The quantitative estimate of drug-likeness (QED) is 0.305. The normalized spacial score (nSPS) is 11.5. The maximum atomic E-state index is 12.4. The van der Waals surface area contributed by atoms with Crippen LogP contribution in [-0.4, -0.2) is 49.6 Å². The molecule has 2 aromatic carbocycles. The molecule has 0 aliphatic heterocycles. The van der Waals surface area contributed by atoms with E-state index < -0.39 is 30.6 Å². The standard InChI is InChI=1S/C22H24BrN3O7/c1-3-32-22(30)25-17(15-7-5-4-6-8-15)11-19(27)26-24-12-14-9-16(23)21(18(10-14)31-2)33-13-20(28)29/h4-10,12,17H,3,11,13H2,1-2H3,(H,25,30)(H,26,27)(H,28,29)/b24-12-/t17-/m0/s1. The molecule has 1 atom stereocenters. The third-order valence-corrected chi connectivity index (χ3v) is 4.74. The van der Waals surface area contributed by atoms with Crippen molar-refractivity contribution in [1.82, 2.24) is 10.7 Å². The minimum Gasteiger partial charge on any atom is -0.493 e. The van der Waals surface area contributed by atoms with Crippen LogP contribution in [0.5, 0.6) is 11.5 Å². The van der Waals surface area contributed by atoms with Gasteiger partial charge in [-0.3, -0.25) is 4.79 Å². The number of hydrogen-bond acceptors (Lipinski definition) is 7. The second kappa shape index (κ2) is 13.1. The van der Waals surface area contributed by atoms with Gasteiger partial charge in [0, 0.05) is 0 Å². The number of ether oxygens (including phenoxy) is 3. The molecule has 0 heterocycles. The van der Waals surface area contributed by atoms with Crippen molar-refractivity contribution >= 4 is 40.1 Å². The molecule has 0 aliphatic rings. The van der Waals surface area contributed by atoms with Crippen LogP contribution < -0.4 is 20.2 Å². The van der Waals surface area contributed by atoms with E-state index in [0.29, 0.717) is 15.8 Å². The second-order valence-electron chi connectivity index (χ2n) is 6.54. The number of halogens is 1. The lowest BCUT2D eigenvalue weighted by atomic mass is 10.0. The molecule has 0 saturated heterocycles. The molecule has 0 aliphatic carbocycles. The monoisotopic (exact) mass is 521 g/mol. The Morgan fingerprint density at radius 1 is 1.21 bits per heavy atom. The smallest absolute Gasteiger partial charge is 0.407 e. The van der Waals surface area contributed by atoms with E-state index in [1.54, 1.807) is 43.3 Å². The molecule has 0 saturated carbocycles. The van der Waals surface area contributed by atoms with Gasteiger partial charge in [0.2, 0.25) is 5.91 Å². The maximum Gasteiger partial charge on any atom is 0.407 e. The summed E-state index contributed by atoms with van der Waals surface area (Å²) in [5.41, 5.74) is 3.73. The number of carboxylic acid groups (broad SMARTS) is 1. The topological polar surface area (TPSA) is 136 Å². The van der Waals surface area contributed by atoms with Crippen LogP contribution in [0.1, 0.15) is 30.5 Å². The summed E-state index contributed by atoms with van der Waals surface area (Å²) in [4.78, 5) is 35.0. The van der Waals surface area contributed by atoms with Crippen LogP contribution in [0.3, 0.4) is 0 Å². The minimum absolute atomic E-state index is 0.0604. The van der Waals surface area contributed by atoms with Crippen molar-refractivity contribution in [2.24, 2.45) is 5.10 Å². The van der Waals surface area contributed by atoms with Gasteiger partial charge in [-0.2, -0.15) is 5.10 Å². The number of carbonyl (C=O) groups is 3. The number of rotatable bonds is 11. The number of nitrogens with zero attached hydrogens (tertiary/aromatic N) is 1. The Morgan fingerprint density at radius 2 is 1.94 bits per heavy atom. The summed E-state index contributed by atoms with van der Waals surface area (Å²) < 4.78 is 15.8. The van der Waals surface area contributed by atoms with Crippen molar-refractivity contribution in [2.75, 3.05) is 20.3 Å². The lowest BCUT2D eigenvalue weighted by Gasteiger charge is -2.18. The highest BCUT2D eigenvalue weighted by Crippen LogP contribution is 2.36. The summed E-state index contributed by atoms with van der Waals surface area (Å²) in [6.07, 6.45) is 0.710. The Balaban J connectivity index is 2.05. The predicted molar refractivity (Wildman–Crippen MR) is 124 cm³/mol. The fourth-order valence-electron chi connectivity index (χ4n) is 2.75. The van der Waals surface area contributed by atoms with Gasteiger partial charge in [0.15, 0.2) is 18.1 Å². The number of alkyl carbamates (subject to hydrolysis) is 1. The summed E-state index contributed by atoms with van der Waals surface area (Å²) >= 11 is 3.30. The number of amides is 2. The molecule has 0 fully saturated rings. The van der Waals surface area contributed by atoms with Crippen LogP contribution in [0.15, 0.2) is 52.0 Å². The van der Waals surface area contributed by atoms with E-state index >= 15 is 0 Å². The highest BCUT2D eigenvalue weighted by Gasteiger charge is 2.19. The van der Waals surface area contributed by atoms with Gasteiger partial charge in [0.25, 0.3) is 0 Å². The number of carboxylic acids is 1. The summed E-state index contributed by atoms with van der Waals surface area (Å²) in [7, 11) is 1.42. The van der Waals surface area contributed by atoms with Gasteiger partial charge in [-0.05, 0) is 46.1 Å². The first-order chi connectivity index (χ1) is 15.8. The highest BCUT2D eigenvalue weighted by atomic mass is 79.9. The van der Waals surface area contributed by atoms with Gasteiger partial charge in [0.1, 0.15) is 0 Å². The van der Waals surface area contributed by atoms with Gasteiger partial charge < -0.3 is 24.6 Å². The van der Waals surface area contributed by atoms with Crippen molar-refractivity contribution in [1.29, 1.82) is 0 Å². The molecular formula is C22H24BrN3O7. The van der Waals surface area contributed by atoms with E-state index in [2.05, 4.69) is 31.8 Å². The second-order valence-corrected chi connectivity index (χ2v) is 7.40. The van der Waals surface area contributed by atoms with E-state index in [1.807, 2.05) is 6.07 Å². The van der Waals surface area contributed by atoms with E-state index in [0.717, 1.165) is 5.56 Å². The zero-order chi connectivity index (χ0) is 24.2. The van der Waals surface area contributed by atoms with Crippen LogP contribution >= 0.6 is 15.9 Å². The maximum absolute atomic E-state index is 12.4. The van der Waals surface area contributed by atoms with Crippen LogP contribution in [0.2, 0.25) is 0 Å². The summed E-state index contributed by atoms with van der Waals surface area (Å²) in [5, 5.41) is 15.4. The van der Waals surface area contributed by atoms with Gasteiger partial charge in [-0.25, -0.2) is 15.0 Å². The number of benzene rings is 2. The Labute approximate surface area is 199 Å². The van der Waals surface area contributed by atoms with Gasteiger partial charge in [0.05, 0.1) is 36.9 Å². The lowest BCUT2D eigenvalue weighted by molar-refractivity contribution is -0.139. The van der Waals surface area contributed by atoms with Crippen molar-refractivity contribution < 1.29 is 33.7 Å². The van der Waals surface area contributed by atoms with Crippen LogP contribution in [-0.2, 0) is 14.3 Å². The summed E-state index contributed by atoms with van der Waals surface area (Å²) in [5.74, 6) is -1.02. The largest absolute Gasteiger partial charge is 0.493 e. The Morgan fingerprint density at radius 3 is 2.58 bits per heavy atom. The molecule has 2 rings (SSSR count). The van der Waals surface area contributed by atoms with Gasteiger partial charge >= 0.3 is 12.1 Å². The van der Waals surface area contributed by atoms with Crippen molar-refractivity contribution in [3.8, 4) is 11.5 Å². The fourth-order valence-corrected chi connectivity index (χ4v) is 3.32. The zero-order valence-corrected chi connectivity index (χ0v) is 19.6. The number of hydrazone groups is 1. The first kappa shape index (κ1) is 25.7. The Bertz CT molecular complexity index is 999. The molecule has 0 bridgehead atoms. The molecule has 3 N–H and O–H groups in total. The van der Waals surface area contributed by atoms with Crippen molar-refractivity contribution in [3.63, 3.8) is 0 Å². The van der Waals surface area contributed by atoms with Gasteiger partial charge in [-0.1, -0.05) is 30.3 Å². The predicted octanol–water partition coefficient (Wildman–Crippen LogP) is 3.25. The molecule has 10 nitrogen and oxygen atoms in total. The average molecular weight is 522 g/mol. The van der Waals surface area contributed by atoms with E-state index in [4.69, 9.17) is 19.3 Å². The van der Waals surface area contributed by atoms with Crippen molar-refractivity contribution in [3.05, 3.63) is 58.1 Å². The molecule has 0 spiro atoms. The van der Waals surface area contributed by atoms with E-state index in [1.165, 1.54) is 13.3 Å². The fraction of sp³-hybridized carbons (Fsp3) is 0.273. The Kier molecular flexibility index (Phi) is 10.2. The van der Waals surface area contributed by atoms with Crippen LogP contribution in [0.25, 0.3) is 0 Å².